The van der Waals surface area contributed by atoms with Crippen LogP contribution in [0.4, 0.5) is 18.3 Å². The Hall–Kier alpha value is -2.40. The number of carbonyl (C=O) groups is 2. The minimum absolute atomic E-state index is 0.120. The Balaban J connectivity index is 1.59. The lowest BCUT2D eigenvalue weighted by atomic mass is 10.0. The molecule has 0 radical (unpaired) electrons. The third-order valence-corrected chi connectivity index (χ3v) is 5.50. The largest absolute Gasteiger partial charge is 0.573 e. The third-order valence-electron chi connectivity index (χ3n) is 4.56. The molecule has 1 aromatic carbocycles. The van der Waals surface area contributed by atoms with Crippen molar-refractivity contribution in [3.63, 3.8) is 0 Å². The van der Waals surface area contributed by atoms with Crippen molar-refractivity contribution in [2.24, 2.45) is 11.1 Å². The first-order valence-electron chi connectivity index (χ1n) is 8.49. The summed E-state index contributed by atoms with van der Waals surface area (Å²) < 4.78 is 41.2. The van der Waals surface area contributed by atoms with Crippen LogP contribution in [0.2, 0.25) is 0 Å². The molecule has 1 aromatic heterocycles. The second kappa shape index (κ2) is 7.55. The van der Waals surface area contributed by atoms with Crippen LogP contribution in [0.3, 0.4) is 0 Å². The first-order valence-corrected chi connectivity index (χ1v) is 9.31. The summed E-state index contributed by atoms with van der Waals surface area (Å²) in [5.74, 6) is -0.962. The molecule has 2 amide bonds. The molecule has 11 heteroatoms. The zero-order valence-corrected chi connectivity index (χ0v) is 15.8. The van der Waals surface area contributed by atoms with Crippen molar-refractivity contribution < 1.29 is 27.5 Å². The highest BCUT2D eigenvalue weighted by molar-refractivity contribution is 7.22. The van der Waals surface area contributed by atoms with Crippen LogP contribution < -0.4 is 15.8 Å². The smallest absolute Gasteiger partial charge is 0.406 e. The zero-order valence-electron chi connectivity index (χ0n) is 15.0. The number of nitrogens with one attached hydrogen (secondary N) is 1. The minimum Gasteiger partial charge on any atom is -0.406 e. The van der Waals surface area contributed by atoms with E-state index in [4.69, 9.17) is 5.73 Å². The number of amides is 2. The van der Waals surface area contributed by atoms with Crippen LogP contribution in [0.25, 0.3) is 10.2 Å². The summed E-state index contributed by atoms with van der Waals surface area (Å²) in [5, 5.41) is 2.79. The summed E-state index contributed by atoms with van der Waals surface area (Å²) in [5.41, 5.74) is 5.98. The Morgan fingerprint density at radius 3 is 2.71 bits per heavy atom. The van der Waals surface area contributed by atoms with E-state index in [0.29, 0.717) is 23.2 Å². The van der Waals surface area contributed by atoms with Crippen LogP contribution in [0.5, 0.6) is 5.75 Å². The molecular formula is C17H19F3N4O3S. The number of fused-ring (bicyclic) bond motifs is 1. The predicted octanol–water partition coefficient (Wildman–Crippen LogP) is 2.72. The highest BCUT2D eigenvalue weighted by Crippen LogP contribution is 2.47. The fraction of sp³-hybridized carbons (Fsp3) is 0.471. The number of thiazole rings is 1. The monoisotopic (exact) mass is 416 g/mol. The molecule has 0 spiro atoms. The summed E-state index contributed by atoms with van der Waals surface area (Å²) >= 11 is 1.01. The molecule has 1 aliphatic rings. The van der Waals surface area contributed by atoms with E-state index in [1.165, 1.54) is 24.1 Å². The summed E-state index contributed by atoms with van der Waals surface area (Å²) in [6, 6.07) is 3.73. The molecule has 0 unspecified atom stereocenters. The van der Waals surface area contributed by atoms with Gasteiger partial charge >= 0.3 is 6.36 Å². The Kier molecular flexibility index (Phi) is 5.48. The molecule has 2 aromatic rings. The number of nitrogens with two attached hydrogens (primary N) is 1. The van der Waals surface area contributed by atoms with Crippen molar-refractivity contribution in [1.82, 2.24) is 9.88 Å². The van der Waals surface area contributed by atoms with Crippen molar-refractivity contribution in [1.29, 1.82) is 0 Å². The highest BCUT2D eigenvalue weighted by Gasteiger charge is 2.43. The van der Waals surface area contributed by atoms with Crippen LogP contribution >= 0.6 is 11.3 Å². The second-order valence-electron chi connectivity index (χ2n) is 6.88. The Morgan fingerprint density at radius 1 is 1.39 bits per heavy atom. The second-order valence-corrected chi connectivity index (χ2v) is 7.91. The number of halogens is 3. The van der Waals surface area contributed by atoms with Crippen LogP contribution in [-0.4, -0.2) is 48.2 Å². The SMILES string of the molecule is CN(CC(=O)Nc1nc2ccc(OC(F)(F)F)cc2s1)C(=O)CC1(CN)CC1. The lowest BCUT2D eigenvalue weighted by molar-refractivity contribution is -0.274. The zero-order chi connectivity index (χ0) is 20.5. The van der Waals surface area contributed by atoms with Crippen LogP contribution in [0, 0.1) is 5.41 Å². The van der Waals surface area contributed by atoms with Gasteiger partial charge in [0.15, 0.2) is 5.13 Å². The van der Waals surface area contributed by atoms with Crippen LogP contribution in [-0.2, 0) is 9.59 Å². The predicted molar refractivity (Wildman–Crippen MR) is 97.9 cm³/mol. The quantitative estimate of drug-likeness (QED) is 0.723. The Morgan fingerprint density at radius 2 is 2.11 bits per heavy atom. The van der Waals surface area contributed by atoms with Gasteiger partial charge in [0.05, 0.1) is 16.8 Å². The fourth-order valence-corrected chi connectivity index (χ4v) is 3.61. The van der Waals surface area contributed by atoms with Gasteiger partial charge in [0.25, 0.3) is 0 Å². The molecule has 3 rings (SSSR count). The summed E-state index contributed by atoms with van der Waals surface area (Å²) in [6.07, 6.45) is -2.63. The van der Waals surface area contributed by atoms with Gasteiger partial charge in [-0.15, -0.1) is 13.2 Å². The van der Waals surface area contributed by atoms with Crippen molar-refractivity contribution in [3.8, 4) is 5.75 Å². The van der Waals surface area contributed by atoms with Gasteiger partial charge in [-0.2, -0.15) is 0 Å². The van der Waals surface area contributed by atoms with E-state index in [-0.39, 0.29) is 28.7 Å². The van der Waals surface area contributed by atoms with Crippen molar-refractivity contribution in [2.75, 3.05) is 25.5 Å². The normalized spacial score (nSPS) is 15.3. The molecular weight excluding hydrogens is 397 g/mol. The summed E-state index contributed by atoms with van der Waals surface area (Å²) in [6.45, 7) is 0.294. The van der Waals surface area contributed by atoms with Gasteiger partial charge in [-0.3, -0.25) is 9.59 Å². The van der Waals surface area contributed by atoms with E-state index in [2.05, 4.69) is 15.0 Å². The van der Waals surface area contributed by atoms with Gasteiger partial charge in [-0.05, 0) is 36.9 Å². The molecule has 0 bridgehead atoms. The van der Waals surface area contributed by atoms with Gasteiger partial charge in [0.1, 0.15) is 5.75 Å². The lowest BCUT2D eigenvalue weighted by Gasteiger charge is -2.19. The Labute approximate surface area is 162 Å². The molecule has 1 aliphatic carbocycles. The van der Waals surface area contributed by atoms with Crippen LogP contribution in [0.15, 0.2) is 18.2 Å². The molecule has 28 heavy (non-hydrogen) atoms. The first kappa shape index (κ1) is 20.3. The van der Waals surface area contributed by atoms with Crippen molar-refractivity contribution in [3.05, 3.63) is 18.2 Å². The van der Waals surface area contributed by atoms with Gasteiger partial charge in [-0.1, -0.05) is 11.3 Å². The topological polar surface area (TPSA) is 97.5 Å². The van der Waals surface area contributed by atoms with Crippen molar-refractivity contribution >= 4 is 38.5 Å². The molecule has 152 valence electrons. The number of anilines is 1. The maximum Gasteiger partial charge on any atom is 0.573 e. The molecule has 3 N–H and O–H groups in total. The van der Waals surface area contributed by atoms with E-state index in [0.717, 1.165) is 30.2 Å². The van der Waals surface area contributed by atoms with E-state index in [1.54, 1.807) is 0 Å². The van der Waals surface area contributed by atoms with Gasteiger partial charge in [0.2, 0.25) is 11.8 Å². The van der Waals surface area contributed by atoms with Gasteiger partial charge in [-0.25, -0.2) is 4.98 Å². The van der Waals surface area contributed by atoms with E-state index in [9.17, 15) is 22.8 Å². The highest BCUT2D eigenvalue weighted by atomic mass is 32.1. The van der Waals surface area contributed by atoms with Gasteiger partial charge < -0.3 is 20.7 Å². The number of hydrogen-bond acceptors (Lipinski definition) is 6. The maximum absolute atomic E-state index is 12.3. The molecule has 1 saturated carbocycles. The summed E-state index contributed by atoms with van der Waals surface area (Å²) in [4.78, 5) is 29.9. The number of ether oxygens (including phenoxy) is 1. The number of hydrogen-bond donors (Lipinski definition) is 2. The molecule has 1 heterocycles. The fourth-order valence-electron chi connectivity index (χ4n) is 2.70. The number of likely N-dealkylation sites (N-methyl/N-ethyl adjacent to an activating group) is 1. The number of carbonyl (C=O) groups excluding carboxylic acids is 2. The number of alkyl halides is 3. The average Bonchev–Trinajstić information content (AvgIpc) is 3.24. The maximum atomic E-state index is 12.3. The average molecular weight is 416 g/mol. The minimum atomic E-state index is -4.78. The number of aromatic nitrogens is 1. The van der Waals surface area contributed by atoms with Crippen molar-refractivity contribution in [2.45, 2.75) is 25.6 Å². The van der Waals surface area contributed by atoms with Gasteiger partial charge in [0, 0.05) is 19.5 Å². The number of rotatable bonds is 7. The van der Waals surface area contributed by atoms with E-state index >= 15 is 0 Å². The standard InChI is InChI=1S/C17H19F3N4O3S/c1-24(14(26)7-16(9-21)4-5-16)8-13(25)23-15-22-11-3-2-10(6-12(11)28-15)27-17(18,19)20/h2-3,6H,4-5,7-9,21H2,1H3,(H,22,23,25). The summed E-state index contributed by atoms with van der Waals surface area (Å²) in [7, 11) is 1.54. The molecule has 1 fully saturated rings. The van der Waals surface area contributed by atoms with E-state index in [1.807, 2.05) is 0 Å². The lowest BCUT2D eigenvalue weighted by Crippen LogP contribution is -2.36. The molecule has 0 saturated heterocycles. The Bertz CT molecular complexity index is 895. The molecule has 0 atom stereocenters. The van der Waals surface area contributed by atoms with E-state index < -0.39 is 12.3 Å². The first-order chi connectivity index (χ1) is 13.1. The molecule has 0 aliphatic heterocycles. The van der Waals surface area contributed by atoms with Crippen LogP contribution in [0.1, 0.15) is 19.3 Å². The third kappa shape index (κ3) is 5.10. The molecule has 7 nitrogen and oxygen atoms in total. The number of nitrogens with zero attached hydrogens (tertiary/aromatic N) is 2. The number of benzene rings is 1.